The molecule has 4 fully saturated rings. The zero-order valence-corrected chi connectivity index (χ0v) is 32.5. The van der Waals surface area contributed by atoms with Gasteiger partial charge < -0.3 is 28.6 Å². The van der Waals surface area contributed by atoms with Gasteiger partial charge in [-0.2, -0.15) is 4.89 Å². The van der Waals surface area contributed by atoms with Crippen LogP contribution in [0.5, 0.6) is 11.5 Å². The molecule has 5 aliphatic rings. The Morgan fingerprint density at radius 3 is 1.72 bits per heavy atom. The number of carbonyl (C=O) groups is 1. The molecule has 2 aromatic carbocycles. The fourth-order valence-corrected chi connectivity index (χ4v) is 9.03. The van der Waals surface area contributed by atoms with Crippen molar-refractivity contribution < 1.29 is 38.3 Å². The van der Waals surface area contributed by atoms with Crippen molar-refractivity contribution in [2.24, 2.45) is 34.5 Å². The van der Waals surface area contributed by atoms with Crippen molar-refractivity contribution in [2.45, 2.75) is 110 Å². The first-order chi connectivity index (χ1) is 25.8. The van der Waals surface area contributed by atoms with Gasteiger partial charge in [-0.15, -0.1) is 0 Å². The summed E-state index contributed by atoms with van der Waals surface area (Å²) in [4.78, 5) is 24.7. The average molecular weight is 733 g/mol. The van der Waals surface area contributed by atoms with Gasteiger partial charge in [0, 0.05) is 24.0 Å². The first kappa shape index (κ1) is 38.8. The van der Waals surface area contributed by atoms with Crippen LogP contribution in [0.15, 0.2) is 36.4 Å². The van der Waals surface area contributed by atoms with Crippen LogP contribution in [0.1, 0.15) is 115 Å². The minimum Gasteiger partial charge on any atom is -0.426 e. The fraction of sp³-hybridized carbons (Fsp3) is 0.711. The number of esters is 1. The molecule has 0 atom stereocenters. The van der Waals surface area contributed by atoms with E-state index in [0.29, 0.717) is 24.2 Å². The van der Waals surface area contributed by atoms with Crippen LogP contribution in [-0.4, -0.2) is 65.4 Å². The van der Waals surface area contributed by atoms with E-state index in [1.54, 1.807) is 0 Å². The van der Waals surface area contributed by atoms with Gasteiger partial charge in [0.15, 0.2) is 5.75 Å². The molecule has 2 saturated carbocycles. The van der Waals surface area contributed by atoms with Crippen LogP contribution in [0.3, 0.4) is 0 Å². The zero-order chi connectivity index (χ0) is 36.5. The molecule has 2 heterocycles. The van der Waals surface area contributed by atoms with E-state index in [1.165, 1.54) is 73.6 Å². The standard InChI is InChI=1S/C45H64O8/c1-44(29-49-30-44)27-47-21-5-3-7-33-9-11-35(12-10-33)26-51-53-40-18-20-42-38(25-40)23-37-24-39(17-19-41(37)42)52-43(46)36-15-13-34(14-16-36)8-4-6-22-48-28-45(2)31-50-32-45/h17-20,24-25,33-36H,3-16,21-23,26-32H2,1-2H3. The number of carbonyl (C=O) groups excluding carboxylic acids is 1. The third-order valence-corrected chi connectivity index (χ3v) is 12.7. The number of rotatable bonds is 20. The van der Waals surface area contributed by atoms with Gasteiger partial charge in [-0.3, -0.25) is 4.79 Å². The summed E-state index contributed by atoms with van der Waals surface area (Å²) in [6.07, 6.45) is 17.1. The Bertz CT molecular complexity index is 1460. The number of unbranched alkanes of at least 4 members (excludes halogenated alkanes) is 2. The van der Waals surface area contributed by atoms with E-state index in [1.807, 2.05) is 18.2 Å². The summed E-state index contributed by atoms with van der Waals surface area (Å²) < 4.78 is 28.4. The van der Waals surface area contributed by atoms with Crippen molar-refractivity contribution in [3.8, 4) is 22.6 Å². The van der Waals surface area contributed by atoms with Crippen LogP contribution >= 0.6 is 0 Å². The third-order valence-electron chi connectivity index (χ3n) is 12.7. The maximum atomic E-state index is 13.1. The number of benzene rings is 2. The van der Waals surface area contributed by atoms with Crippen LogP contribution in [0, 0.1) is 34.5 Å². The van der Waals surface area contributed by atoms with Crippen molar-refractivity contribution in [1.29, 1.82) is 0 Å². The largest absolute Gasteiger partial charge is 0.426 e. The molecule has 8 heteroatoms. The molecule has 53 heavy (non-hydrogen) atoms. The summed E-state index contributed by atoms with van der Waals surface area (Å²) in [6.45, 7) is 11.8. The zero-order valence-electron chi connectivity index (χ0n) is 32.5. The first-order valence-electron chi connectivity index (χ1n) is 20.9. The minimum atomic E-state index is -0.0759. The lowest BCUT2D eigenvalue weighted by atomic mass is 9.80. The number of hydrogen-bond donors (Lipinski definition) is 0. The lowest BCUT2D eigenvalue weighted by Crippen LogP contribution is -2.43. The molecule has 0 spiro atoms. The lowest BCUT2D eigenvalue weighted by Gasteiger charge is -2.37. The maximum absolute atomic E-state index is 13.1. The van der Waals surface area contributed by atoms with Gasteiger partial charge in [-0.25, -0.2) is 0 Å². The number of fused-ring (bicyclic) bond motifs is 3. The van der Waals surface area contributed by atoms with Crippen LogP contribution in [0.25, 0.3) is 11.1 Å². The van der Waals surface area contributed by atoms with Crippen LogP contribution < -0.4 is 9.62 Å². The highest BCUT2D eigenvalue weighted by Gasteiger charge is 2.34. The molecule has 0 aromatic heterocycles. The molecule has 292 valence electrons. The van der Waals surface area contributed by atoms with E-state index in [0.717, 1.165) is 109 Å². The summed E-state index contributed by atoms with van der Waals surface area (Å²) in [5.41, 5.74) is 5.30. The summed E-state index contributed by atoms with van der Waals surface area (Å²) >= 11 is 0. The number of ether oxygens (including phenoxy) is 5. The van der Waals surface area contributed by atoms with Crippen molar-refractivity contribution in [1.82, 2.24) is 0 Å². The molecule has 0 N–H and O–H groups in total. The molecule has 2 aromatic rings. The molecule has 2 aliphatic heterocycles. The summed E-state index contributed by atoms with van der Waals surface area (Å²) in [6, 6.07) is 12.3. The van der Waals surface area contributed by atoms with E-state index in [-0.39, 0.29) is 22.7 Å². The summed E-state index contributed by atoms with van der Waals surface area (Å²) in [5.74, 6) is 3.43. The van der Waals surface area contributed by atoms with E-state index < -0.39 is 0 Å². The molecule has 8 nitrogen and oxygen atoms in total. The Morgan fingerprint density at radius 1 is 0.660 bits per heavy atom. The lowest BCUT2D eigenvalue weighted by molar-refractivity contribution is -0.218. The molecule has 0 radical (unpaired) electrons. The Hall–Kier alpha value is -2.49. The van der Waals surface area contributed by atoms with Crippen molar-refractivity contribution in [2.75, 3.05) is 59.5 Å². The number of hydrogen-bond acceptors (Lipinski definition) is 8. The van der Waals surface area contributed by atoms with Crippen molar-refractivity contribution in [3.63, 3.8) is 0 Å². The van der Waals surface area contributed by atoms with Crippen LogP contribution in [0.4, 0.5) is 0 Å². The minimum absolute atomic E-state index is 0.00251. The summed E-state index contributed by atoms with van der Waals surface area (Å²) in [7, 11) is 0. The van der Waals surface area contributed by atoms with E-state index in [9.17, 15) is 4.79 Å². The molecule has 0 unspecified atom stereocenters. The van der Waals surface area contributed by atoms with Crippen molar-refractivity contribution >= 4 is 5.97 Å². The second-order valence-electron chi connectivity index (χ2n) is 17.9. The Kier molecular flexibility index (Phi) is 13.5. The van der Waals surface area contributed by atoms with Gasteiger partial charge in [0.2, 0.25) is 0 Å². The van der Waals surface area contributed by atoms with Gasteiger partial charge in [0.1, 0.15) is 5.75 Å². The smallest absolute Gasteiger partial charge is 0.314 e. The van der Waals surface area contributed by atoms with E-state index in [2.05, 4.69) is 32.0 Å². The molecular weight excluding hydrogens is 668 g/mol. The molecule has 3 aliphatic carbocycles. The van der Waals surface area contributed by atoms with Gasteiger partial charge in [-0.1, -0.05) is 64.5 Å². The highest BCUT2D eigenvalue weighted by atomic mass is 17.2. The molecule has 0 bridgehead atoms. The maximum Gasteiger partial charge on any atom is 0.314 e. The highest BCUT2D eigenvalue weighted by molar-refractivity contribution is 5.80. The Balaban J connectivity index is 0.751. The SMILES string of the molecule is CC1(COCCCCC2CCC(COOc3ccc4c(c3)Cc3cc(OC(=O)C5CCC(CCCCOCC6(C)COC6)CC5)ccc3-4)CC2)COC1. The van der Waals surface area contributed by atoms with Crippen LogP contribution in [-0.2, 0) is 35.1 Å². The molecular formula is C45H64O8. The molecule has 7 rings (SSSR count). The second-order valence-corrected chi connectivity index (χ2v) is 17.9. The van der Waals surface area contributed by atoms with Gasteiger partial charge >= 0.3 is 5.97 Å². The van der Waals surface area contributed by atoms with Crippen molar-refractivity contribution in [3.05, 3.63) is 47.5 Å². The normalized spacial score (nSPS) is 25.5. The molecule has 2 saturated heterocycles. The average Bonchev–Trinajstić information content (AvgIpc) is 3.50. The van der Waals surface area contributed by atoms with Crippen LogP contribution in [0.2, 0.25) is 0 Å². The Morgan fingerprint density at radius 2 is 1.17 bits per heavy atom. The quantitative estimate of drug-likeness (QED) is 0.0374. The van der Waals surface area contributed by atoms with Gasteiger partial charge in [0.05, 0.1) is 52.2 Å². The predicted molar refractivity (Wildman–Crippen MR) is 205 cm³/mol. The first-order valence-corrected chi connectivity index (χ1v) is 20.9. The predicted octanol–water partition coefficient (Wildman–Crippen LogP) is 9.53. The Labute approximate surface area is 317 Å². The molecule has 0 amide bonds. The topological polar surface area (TPSA) is 81.7 Å². The van der Waals surface area contributed by atoms with Gasteiger partial charge in [0.25, 0.3) is 0 Å². The monoisotopic (exact) mass is 732 g/mol. The highest BCUT2D eigenvalue weighted by Crippen LogP contribution is 2.41. The van der Waals surface area contributed by atoms with E-state index >= 15 is 0 Å². The summed E-state index contributed by atoms with van der Waals surface area (Å²) in [5, 5.41) is 0. The van der Waals surface area contributed by atoms with Gasteiger partial charge in [-0.05, 0) is 122 Å². The second kappa shape index (κ2) is 18.4. The third kappa shape index (κ3) is 10.8. The fourth-order valence-electron chi connectivity index (χ4n) is 9.03. The van der Waals surface area contributed by atoms with E-state index in [4.69, 9.17) is 33.5 Å².